The number of H-pyrrole nitrogens is 1. The van der Waals surface area contributed by atoms with E-state index in [-0.39, 0.29) is 6.15 Å². The molecule has 0 aliphatic heterocycles. The smallest absolute Gasteiger partial charge is 0.174 e. The van der Waals surface area contributed by atoms with Crippen LogP contribution in [-0.2, 0) is 6.42 Å². The van der Waals surface area contributed by atoms with Gasteiger partial charge in [0.1, 0.15) is 0 Å². The third-order valence-electron chi connectivity index (χ3n) is 0.863. The molecule has 9 heavy (non-hydrogen) atoms. The van der Waals surface area contributed by atoms with Gasteiger partial charge in [-0.2, -0.15) is 5.21 Å². The van der Waals surface area contributed by atoms with Crippen LogP contribution >= 0.6 is 0 Å². The second kappa shape index (κ2) is 3.96. The van der Waals surface area contributed by atoms with Gasteiger partial charge in [0.15, 0.2) is 5.82 Å². The van der Waals surface area contributed by atoms with Crippen LogP contribution in [-0.4, -0.2) is 20.6 Å². The molecular weight excluding hydrogens is 118 g/mol. The molecule has 0 aromatic carbocycles. The molecule has 0 radical (unpaired) electrons. The number of rotatable bonds is 2. The topological polar surface area (TPSA) is 89.5 Å². The molecule has 4 N–H and O–H groups in total. The zero-order chi connectivity index (χ0) is 5.82. The molecule has 0 spiro atoms. The molecule has 1 aromatic rings. The first-order valence-electron chi connectivity index (χ1n) is 2.66. The number of aromatic nitrogens is 4. The molecule has 0 saturated carbocycles. The van der Waals surface area contributed by atoms with Crippen molar-refractivity contribution in [3.8, 4) is 0 Å². The highest BCUT2D eigenvalue weighted by atomic mass is 15.5. The van der Waals surface area contributed by atoms with Gasteiger partial charge in [-0.25, -0.2) is 0 Å². The summed E-state index contributed by atoms with van der Waals surface area (Å²) in [6, 6.07) is 0. The summed E-state index contributed by atoms with van der Waals surface area (Å²) >= 11 is 0. The van der Waals surface area contributed by atoms with Crippen molar-refractivity contribution < 1.29 is 0 Å². The highest BCUT2D eigenvalue weighted by Gasteiger charge is 1.91. The molecule has 1 rings (SSSR count). The molecule has 5 nitrogen and oxygen atoms in total. The fraction of sp³-hybridized carbons (Fsp3) is 0.750. The van der Waals surface area contributed by atoms with Crippen molar-refractivity contribution in [3.05, 3.63) is 5.82 Å². The fourth-order valence-corrected chi connectivity index (χ4v) is 0.512. The molecule has 5 heteroatoms. The summed E-state index contributed by atoms with van der Waals surface area (Å²) in [4.78, 5) is 0. The van der Waals surface area contributed by atoms with Crippen LogP contribution in [0.15, 0.2) is 0 Å². The van der Waals surface area contributed by atoms with E-state index in [4.69, 9.17) is 0 Å². The molecule has 0 aliphatic carbocycles. The van der Waals surface area contributed by atoms with Gasteiger partial charge in [0, 0.05) is 6.42 Å². The summed E-state index contributed by atoms with van der Waals surface area (Å²) in [6.45, 7) is 2.08. The SMILES string of the molecule is CCCc1nn[nH]n1.N. The number of hydrogen-bond donors (Lipinski definition) is 2. The lowest BCUT2D eigenvalue weighted by Gasteiger charge is -1.80. The average Bonchev–Trinajstić information content (AvgIpc) is 2.19. The average molecular weight is 129 g/mol. The third kappa shape index (κ3) is 2.18. The standard InChI is InChI=1S/C4H8N4.H3N/c1-2-3-4-5-7-8-6-4;/h2-3H2,1H3,(H,5,6,7,8);1H3. The predicted molar refractivity (Wildman–Crippen MR) is 33.2 cm³/mol. The second-order valence-electron chi connectivity index (χ2n) is 1.58. The van der Waals surface area contributed by atoms with E-state index in [9.17, 15) is 0 Å². The Labute approximate surface area is 53.4 Å². The molecular formula is C4H11N5. The summed E-state index contributed by atoms with van der Waals surface area (Å²) in [6.07, 6.45) is 1.98. The van der Waals surface area contributed by atoms with E-state index in [2.05, 4.69) is 27.5 Å². The Morgan fingerprint density at radius 3 is 2.78 bits per heavy atom. The Hall–Kier alpha value is -0.970. The minimum Gasteiger partial charge on any atom is -0.344 e. The first kappa shape index (κ1) is 8.03. The van der Waals surface area contributed by atoms with Crippen molar-refractivity contribution in [2.75, 3.05) is 0 Å². The number of aryl methyl sites for hydroxylation is 1. The van der Waals surface area contributed by atoms with Gasteiger partial charge in [-0.05, 0) is 6.42 Å². The first-order chi connectivity index (χ1) is 3.93. The Bertz CT molecular complexity index is 135. The minimum absolute atomic E-state index is 0. The van der Waals surface area contributed by atoms with Gasteiger partial charge in [-0.15, -0.1) is 10.2 Å². The van der Waals surface area contributed by atoms with E-state index >= 15 is 0 Å². The van der Waals surface area contributed by atoms with Crippen molar-refractivity contribution in [3.63, 3.8) is 0 Å². The summed E-state index contributed by atoms with van der Waals surface area (Å²) in [5, 5.41) is 13.3. The summed E-state index contributed by atoms with van der Waals surface area (Å²) < 4.78 is 0. The van der Waals surface area contributed by atoms with E-state index in [0.717, 1.165) is 18.7 Å². The quantitative estimate of drug-likeness (QED) is 0.601. The van der Waals surface area contributed by atoms with Crippen LogP contribution in [0.2, 0.25) is 0 Å². The molecule has 0 atom stereocenters. The van der Waals surface area contributed by atoms with Gasteiger partial charge in [-0.1, -0.05) is 12.1 Å². The maximum absolute atomic E-state index is 3.76. The summed E-state index contributed by atoms with van der Waals surface area (Å²) in [5.74, 6) is 0.799. The normalized spacial score (nSPS) is 8.56. The van der Waals surface area contributed by atoms with E-state index in [1.54, 1.807) is 0 Å². The second-order valence-corrected chi connectivity index (χ2v) is 1.58. The van der Waals surface area contributed by atoms with Gasteiger partial charge in [0.25, 0.3) is 0 Å². The third-order valence-corrected chi connectivity index (χ3v) is 0.863. The zero-order valence-corrected chi connectivity index (χ0v) is 5.46. The van der Waals surface area contributed by atoms with Crippen molar-refractivity contribution in [1.82, 2.24) is 26.8 Å². The lowest BCUT2D eigenvalue weighted by atomic mass is 10.3. The molecule has 1 heterocycles. The molecule has 52 valence electrons. The lowest BCUT2D eigenvalue weighted by molar-refractivity contribution is 0.839. The Morgan fingerprint density at radius 1 is 1.56 bits per heavy atom. The molecule has 0 amide bonds. The van der Waals surface area contributed by atoms with Crippen LogP contribution in [0.5, 0.6) is 0 Å². The maximum atomic E-state index is 3.76. The van der Waals surface area contributed by atoms with Crippen molar-refractivity contribution in [2.24, 2.45) is 0 Å². The Balaban J connectivity index is 0.000000640. The van der Waals surface area contributed by atoms with Crippen molar-refractivity contribution >= 4 is 0 Å². The number of nitrogens with one attached hydrogen (secondary N) is 1. The van der Waals surface area contributed by atoms with Crippen molar-refractivity contribution in [1.29, 1.82) is 0 Å². The summed E-state index contributed by atoms with van der Waals surface area (Å²) in [5.41, 5.74) is 0. The van der Waals surface area contributed by atoms with E-state index in [1.165, 1.54) is 0 Å². The van der Waals surface area contributed by atoms with Gasteiger partial charge < -0.3 is 6.15 Å². The largest absolute Gasteiger partial charge is 0.344 e. The van der Waals surface area contributed by atoms with Gasteiger partial charge >= 0.3 is 0 Å². The molecule has 0 aliphatic rings. The van der Waals surface area contributed by atoms with Gasteiger partial charge in [-0.3, -0.25) is 0 Å². The van der Waals surface area contributed by atoms with Crippen LogP contribution in [0.1, 0.15) is 19.2 Å². The van der Waals surface area contributed by atoms with Crippen LogP contribution in [0.3, 0.4) is 0 Å². The monoisotopic (exact) mass is 129 g/mol. The molecule has 0 unspecified atom stereocenters. The van der Waals surface area contributed by atoms with Crippen molar-refractivity contribution in [2.45, 2.75) is 19.8 Å². The number of tetrazole rings is 1. The van der Waals surface area contributed by atoms with Crippen LogP contribution in [0.25, 0.3) is 0 Å². The van der Waals surface area contributed by atoms with E-state index < -0.39 is 0 Å². The maximum Gasteiger partial charge on any atom is 0.174 e. The molecule has 1 aromatic heterocycles. The number of aromatic amines is 1. The highest BCUT2D eigenvalue weighted by molar-refractivity contribution is 4.73. The molecule has 0 saturated heterocycles. The predicted octanol–water partition coefficient (Wildman–Crippen LogP) is 0.314. The zero-order valence-electron chi connectivity index (χ0n) is 5.46. The fourth-order valence-electron chi connectivity index (χ4n) is 0.512. The van der Waals surface area contributed by atoms with E-state index in [0.29, 0.717) is 0 Å². The first-order valence-corrected chi connectivity index (χ1v) is 2.66. The number of hydrogen-bond acceptors (Lipinski definition) is 4. The van der Waals surface area contributed by atoms with Crippen LogP contribution in [0, 0.1) is 0 Å². The van der Waals surface area contributed by atoms with Crippen LogP contribution < -0.4 is 6.15 Å². The minimum atomic E-state index is 0. The van der Waals surface area contributed by atoms with E-state index in [1.807, 2.05) is 0 Å². The van der Waals surface area contributed by atoms with Gasteiger partial charge in [0.2, 0.25) is 0 Å². The Kier molecular flexibility index (Phi) is 3.54. The number of nitrogens with zero attached hydrogens (tertiary/aromatic N) is 3. The Morgan fingerprint density at radius 2 is 2.33 bits per heavy atom. The molecule has 0 fully saturated rings. The molecule has 0 bridgehead atoms. The summed E-state index contributed by atoms with van der Waals surface area (Å²) in [7, 11) is 0. The highest BCUT2D eigenvalue weighted by Crippen LogP contribution is 1.87. The van der Waals surface area contributed by atoms with Gasteiger partial charge in [0.05, 0.1) is 0 Å². The lowest BCUT2D eigenvalue weighted by Crippen LogP contribution is -1.84. The van der Waals surface area contributed by atoms with Crippen LogP contribution in [0.4, 0.5) is 0 Å².